The summed E-state index contributed by atoms with van der Waals surface area (Å²) in [6.45, 7) is 4.79. The van der Waals surface area contributed by atoms with Gasteiger partial charge in [-0.3, -0.25) is 9.69 Å². The molecule has 2 amide bonds. The van der Waals surface area contributed by atoms with Gasteiger partial charge in [-0.25, -0.2) is 9.18 Å². The Morgan fingerprint density at radius 3 is 2.53 bits per heavy atom. The van der Waals surface area contributed by atoms with Crippen molar-refractivity contribution in [2.75, 3.05) is 49.2 Å². The molecule has 9 heteroatoms. The summed E-state index contributed by atoms with van der Waals surface area (Å²) in [7, 11) is 0. The van der Waals surface area contributed by atoms with Crippen molar-refractivity contribution in [1.82, 2.24) is 5.32 Å². The van der Waals surface area contributed by atoms with Crippen molar-refractivity contribution in [2.24, 2.45) is 11.8 Å². The number of nitrogens with one attached hydrogen (secondary N) is 1. The quantitative estimate of drug-likeness (QED) is 0.803. The topological polar surface area (TPSA) is 80.3 Å². The first-order valence-electron chi connectivity index (χ1n) is 10.5. The number of ether oxygens (including phenoxy) is 3. The zero-order chi connectivity index (χ0) is 20.9. The third-order valence-electron chi connectivity index (χ3n) is 6.57. The number of amides is 2. The summed E-state index contributed by atoms with van der Waals surface area (Å²) in [5.41, 5.74) is 1.01. The second-order valence-electron chi connectivity index (χ2n) is 8.63. The molecule has 1 saturated carbocycles. The predicted octanol–water partition coefficient (Wildman–Crippen LogP) is 1.88. The molecule has 3 heterocycles. The van der Waals surface area contributed by atoms with Crippen LogP contribution in [0.2, 0.25) is 0 Å². The number of benzene rings is 1. The molecule has 3 atom stereocenters. The zero-order valence-electron chi connectivity index (χ0n) is 16.9. The molecule has 1 spiro atoms. The highest BCUT2D eigenvalue weighted by Crippen LogP contribution is 2.49. The molecule has 30 heavy (non-hydrogen) atoms. The smallest absolute Gasteiger partial charge is 0.414 e. The van der Waals surface area contributed by atoms with Gasteiger partial charge in [-0.1, -0.05) is 0 Å². The number of carbonyl (C=O) groups is 2. The van der Waals surface area contributed by atoms with Crippen LogP contribution in [-0.4, -0.2) is 63.3 Å². The molecule has 1 aromatic carbocycles. The molecule has 3 aliphatic heterocycles. The molecule has 0 bridgehead atoms. The number of rotatable bonds is 4. The normalized spacial score (nSPS) is 29.5. The van der Waals surface area contributed by atoms with E-state index in [2.05, 4.69) is 10.2 Å². The van der Waals surface area contributed by atoms with Gasteiger partial charge in [-0.05, 0) is 30.0 Å². The Bertz CT molecular complexity index is 843. The van der Waals surface area contributed by atoms with Crippen LogP contribution in [0.3, 0.4) is 0 Å². The van der Waals surface area contributed by atoms with E-state index >= 15 is 0 Å². The standard InChI is InChI=1S/C21H26FN3O5/c1-13(26)23-9-17-12-25(20(27)30-17)16-2-3-19(18(22)6-16)24-10-14-7-21(8-15(14)11-24)28-4-5-29-21/h2-3,6,14-15,17H,4-5,7-12H2,1H3,(H,23,26)/t14?,15?,17-/m0/s1. The van der Waals surface area contributed by atoms with Gasteiger partial charge in [-0.15, -0.1) is 0 Å². The zero-order valence-corrected chi connectivity index (χ0v) is 16.9. The highest BCUT2D eigenvalue weighted by atomic mass is 19.1. The lowest BCUT2D eigenvalue weighted by Gasteiger charge is -2.26. The monoisotopic (exact) mass is 419 g/mol. The van der Waals surface area contributed by atoms with Crippen molar-refractivity contribution >= 4 is 23.4 Å². The number of carbonyl (C=O) groups excluding carboxylic acids is 2. The minimum Gasteiger partial charge on any atom is -0.442 e. The molecule has 0 radical (unpaired) electrons. The first-order valence-corrected chi connectivity index (χ1v) is 10.5. The van der Waals surface area contributed by atoms with Gasteiger partial charge in [0.25, 0.3) is 0 Å². The number of halogens is 1. The van der Waals surface area contributed by atoms with Crippen molar-refractivity contribution in [3.63, 3.8) is 0 Å². The number of fused-ring (bicyclic) bond motifs is 1. The molecule has 0 aromatic heterocycles. The summed E-state index contributed by atoms with van der Waals surface area (Å²) in [5, 5.41) is 2.63. The molecule has 4 fully saturated rings. The summed E-state index contributed by atoms with van der Waals surface area (Å²) in [6.07, 6.45) is 0.747. The minimum absolute atomic E-state index is 0.188. The van der Waals surface area contributed by atoms with Crippen molar-refractivity contribution in [3.8, 4) is 0 Å². The number of cyclic esters (lactones) is 1. The highest BCUT2D eigenvalue weighted by molar-refractivity contribution is 5.90. The number of nitrogens with zero attached hydrogens (tertiary/aromatic N) is 2. The molecule has 2 unspecified atom stereocenters. The van der Waals surface area contributed by atoms with E-state index in [9.17, 15) is 14.0 Å². The first-order chi connectivity index (χ1) is 14.4. The van der Waals surface area contributed by atoms with Gasteiger partial charge >= 0.3 is 6.09 Å². The SMILES string of the molecule is CC(=O)NC[C@H]1CN(c2ccc(N3CC4CC5(CC4C3)OCCO5)c(F)c2)C(=O)O1. The molecule has 3 saturated heterocycles. The van der Waals surface area contributed by atoms with Crippen LogP contribution in [0.15, 0.2) is 18.2 Å². The summed E-state index contributed by atoms with van der Waals surface area (Å²) >= 11 is 0. The van der Waals surface area contributed by atoms with E-state index < -0.39 is 18.0 Å². The molecule has 5 rings (SSSR count). The molecular weight excluding hydrogens is 393 g/mol. The summed E-state index contributed by atoms with van der Waals surface area (Å²) in [6, 6.07) is 4.87. The van der Waals surface area contributed by atoms with Gasteiger partial charge in [0.1, 0.15) is 11.9 Å². The summed E-state index contributed by atoms with van der Waals surface area (Å²) in [4.78, 5) is 26.7. The third-order valence-corrected chi connectivity index (χ3v) is 6.57. The van der Waals surface area contributed by atoms with E-state index in [4.69, 9.17) is 14.2 Å². The lowest BCUT2D eigenvalue weighted by molar-refractivity contribution is -0.154. The van der Waals surface area contributed by atoms with Crippen LogP contribution in [0.4, 0.5) is 20.6 Å². The highest BCUT2D eigenvalue weighted by Gasteiger charge is 2.52. The van der Waals surface area contributed by atoms with Crippen LogP contribution >= 0.6 is 0 Å². The second kappa shape index (κ2) is 7.39. The Morgan fingerprint density at radius 2 is 1.90 bits per heavy atom. The minimum atomic E-state index is -0.532. The summed E-state index contributed by atoms with van der Waals surface area (Å²) < 4.78 is 31.9. The lowest BCUT2D eigenvalue weighted by atomic mass is 10.0. The van der Waals surface area contributed by atoms with Crippen LogP contribution in [0.1, 0.15) is 19.8 Å². The number of anilines is 2. The van der Waals surface area contributed by atoms with Gasteiger partial charge in [-0.2, -0.15) is 0 Å². The fourth-order valence-electron chi connectivity index (χ4n) is 5.23. The number of hydrogen-bond acceptors (Lipinski definition) is 6. The van der Waals surface area contributed by atoms with Gasteiger partial charge in [0, 0.05) is 32.9 Å². The van der Waals surface area contributed by atoms with E-state index in [1.807, 2.05) is 0 Å². The Balaban J connectivity index is 1.24. The van der Waals surface area contributed by atoms with Crippen molar-refractivity contribution in [1.29, 1.82) is 0 Å². The van der Waals surface area contributed by atoms with Crippen LogP contribution in [0.25, 0.3) is 0 Å². The van der Waals surface area contributed by atoms with E-state index in [0.29, 0.717) is 36.4 Å². The average molecular weight is 419 g/mol. The average Bonchev–Trinajstić information content (AvgIpc) is 3.45. The first kappa shape index (κ1) is 19.6. The molecule has 1 aromatic rings. The molecule has 8 nitrogen and oxygen atoms in total. The fraction of sp³-hybridized carbons (Fsp3) is 0.619. The maximum absolute atomic E-state index is 15.0. The summed E-state index contributed by atoms with van der Waals surface area (Å²) in [5.74, 6) is -0.0789. The maximum Gasteiger partial charge on any atom is 0.414 e. The lowest BCUT2D eigenvalue weighted by Crippen LogP contribution is -2.33. The molecular formula is C21H26FN3O5. The predicted molar refractivity (Wildman–Crippen MR) is 106 cm³/mol. The molecule has 162 valence electrons. The van der Waals surface area contributed by atoms with Crippen LogP contribution in [0.5, 0.6) is 0 Å². The van der Waals surface area contributed by atoms with Gasteiger partial charge < -0.3 is 24.4 Å². The molecule has 1 N–H and O–H groups in total. The van der Waals surface area contributed by atoms with Crippen molar-refractivity contribution in [3.05, 3.63) is 24.0 Å². The van der Waals surface area contributed by atoms with Gasteiger partial charge in [0.05, 0.1) is 37.7 Å². The molecule has 4 aliphatic rings. The maximum atomic E-state index is 15.0. The van der Waals surface area contributed by atoms with Crippen LogP contribution in [0, 0.1) is 17.7 Å². The fourth-order valence-corrected chi connectivity index (χ4v) is 5.23. The van der Waals surface area contributed by atoms with Crippen LogP contribution < -0.4 is 15.1 Å². The van der Waals surface area contributed by atoms with E-state index in [0.717, 1.165) is 25.9 Å². The largest absolute Gasteiger partial charge is 0.442 e. The van der Waals surface area contributed by atoms with Crippen LogP contribution in [-0.2, 0) is 19.0 Å². The Labute approximate surface area is 174 Å². The van der Waals surface area contributed by atoms with E-state index in [1.54, 1.807) is 12.1 Å². The Hall–Kier alpha value is -2.39. The van der Waals surface area contributed by atoms with E-state index in [1.165, 1.54) is 17.9 Å². The van der Waals surface area contributed by atoms with E-state index in [-0.39, 0.29) is 24.8 Å². The van der Waals surface area contributed by atoms with Gasteiger partial charge in [0.2, 0.25) is 5.91 Å². The van der Waals surface area contributed by atoms with Gasteiger partial charge in [0.15, 0.2) is 5.79 Å². The van der Waals surface area contributed by atoms with Crippen molar-refractivity contribution < 1.29 is 28.2 Å². The second-order valence-corrected chi connectivity index (χ2v) is 8.63. The van der Waals surface area contributed by atoms with Crippen molar-refractivity contribution in [2.45, 2.75) is 31.7 Å². The Kier molecular flexibility index (Phi) is 4.82. The third kappa shape index (κ3) is 3.50. The molecule has 1 aliphatic carbocycles. The Morgan fingerprint density at radius 1 is 1.20 bits per heavy atom. The number of hydrogen-bond donors (Lipinski definition) is 1.